The maximum absolute atomic E-state index is 11.3. The third-order valence-electron chi connectivity index (χ3n) is 5.56. The van der Waals surface area contributed by atoms with E-state index in [1.165, 1.54) is 17.9 Å². The van der Waals surface area contributed by atoms with Crippen LogP contribution in [-0.4, -0.2) is 65.6 Å². The van der Waals surface area contributed by atoms with Crippen molar-refractivity contribution in [3.05, 3.63) is 42.5 Å². The first-order valence-electron chi connectivity index (χ1n) is 10.3. The number of amides is 1. The molecular formula is C22H28N6O2. The SMILES string of the molecule is COc1cncnc1N1CCN(CCCc2c[nH]c3ccc(NC(C)=O)cc23)CC1. The first kappa shape index (κ1) is 20.2. The number of piperazine rings is 1. The van der Waals surface area contributed by atoms with E-state index in [0.717, 1.165) is 68.3 Å². The molecule has 0 atom stereocenters. The highest BCUT2D eigenvalue weighted by atomic mass is 16.5. The van der Waals surface area contributed by atoms with Crippen LogP contribution in [0.4, 0.5) is 11.5 Å². The topological polar surface area (TPSA) is 86.4 Å². The zero-order chi connectivity index (χ0) is 20.9. The molecule has 30 heavy (non-hydrogen) atoms. The van der Waals surface area contributed by atoms with E-state index in [1.807, 2.05) is 12.1 Å². The monoisotopic (exact) mass is 408 g/mol. The highest BCUT2D eigenvalue weighted by Gasteiger charge is 2.20. The van der Waals surface area contributed by atoms with Crippen molar-refractivity contribution in [1.82, 2.24) is 19.9 Å². The van der Waals surface area contributed by atoms with Crippen molar-refractivity contribution < 1.29 is 9.53 Å². The molecule has 1 aromatic carbocycles. The Bertz CT molecular complexity index is 1010. The molecule has 1 amide bonds. The summed E-state index contributed by atoms with van der Waals surface area (Å²) in [6.07, 6.45) is 7.47. The number of hydrogen-bond acceptors (Lipinski definition) is 6. The van der Waals surface area contributed by atoms with Gasteiger partial charge in [0.15, 0.2) is 11.6 Å². The van der Waals surface area contributed by atoms with Gasteiger partial charge in [0.25, 0.3) is 0 Å². The van der Waals surface area contributed by atoms with Gasteiger partial charge in [-0.2, -0.15) is 0 Å². The van der Waals surface area contributed by atoms with Gasteiger partial charge in [0, 0.05) is 55.9 Å². The highest BCUT2D eigenvalue weighted by molar-refractivity contribution is 5.93. The number of nitrogens with zero attached hydrogens (tertiary/aromatic N) is 4. The van der Waals surface area contributed by atoms with E-state index in [2.05, 4.69) is 42.3 Å². The summed E-state index contributed by atoms with van der Waals surface area (Å²) in [4.78, 5) is 27.9. The maximum Gasteiger partial charge on any atom is 0.221 e. The van der Waals surface area contributed by atoms with Gasteiger partial charge in [0.05, 0.1) is 13.3 Å². The molecule has 3 heterocycles. The van der Waals surface area contributed by atoms with E-state index in [1.54, 1.807) is 19.6 Å². The van der Waals surface area contributed by atoms with Crippen LogP contribution in [0.25, 0.3) is 10.9 Å². The van der Waals surface area contributed by atoms with E-state index >= 15 is 0 Å². The van der Waals surface area contributed by atoms with Gasteiger partial charge in [0.2, 0.25) is 5.91 Å². The van der Waals surface area contributed by atoms with Gasteiger partial charge in [-0.05, 0) is 43.1 Å². The largest absolute Gasteiger partial charge is 0.491 e. The first-order chi connectivity index (χ1) is 14.6. The second-order valence-corrected chi connectivity index (χ2v) is 7.60. The Morgan fingerprint density at radius 3 is 2.87 bits per heavy atom. The van der Waals surface area contributed by atoms with E-state index in [9.17, 15) is 4.79 Å². The fraction of sp³-hybridized carbons (Fsp3) is 0.409. The molecule has 1 aliphatic heterocycles. The molecule has 0 spiro atoms. The van der Waals surface area contributed by atoms with Gasteiger partial charge in [-0.15, -0.1) is 0 Å². The van der Waals surface area contributed by atoms with Gasteiger partial charge in [-0.25, -0.2) is 9.97 Å². The van der Waals surface area contributed by atoms with Crippen LogP contribution < -0.4 is 15.0 Å². The number of aromatic nitrogens is 3. The van der Waals surface area contributed by atoms with Gasteiger partial charge >= 0.3 is 0 Å². The summed E-state index contributed by atoms with van der Waals surface area (Å²) in [6, 6.07) is 6.00. The molecule has 0 aliphatic carbocycles. The molecule has 1 aliphatic rings. The Morgan fingerprint density at radius 2 is 2.10 bits per heavy atom. The van der Waals surface area contributed by atoms with Crippen molar-refractivity contribution >= 4 is 28.3 Å². The first-order valence-corrected chi connectivity index (χ1v) is 10.3. The number of benzene rings is 1. The van der Waals surface area contributed by atoms with Crippen LogP contribution in [0, 0.1) is 0 Å². The molecule has 158 valence electrons. The number of ether oxygens (including phenoxy) is 1. The molecule has 2 N–H and O–H groups in total. The summed E-state index contributed by atoms with van der Waals surface area (Å²) < 4.78 is 5.39. The average molecular weight is 409 g/mol. The molecule has 4 rings (SSSR count). The van der Waals surface area contributed by atoms with Crippen molar-refractivity contribution in [2.24, 2.45) is 0 Å². The van der Waals surface area contributed by atoms with Gasteiger partial charge in [0.1, 0.15) is 6.33 Å². The molecule has 0 bridgehead atoms. The summed E-state index contributed by atoms with van der Waals surface area (Å²) >= 11 is 0. The molecule has 2 aromatic heterocycles. The minimum Gasteiger partial charge on any atom is -0.491 e. The smallest absolute Gasteiger partial charge is 0.221 e. The Hall–Kier alpha value is -3.13. The number of nitrogens with one attached hydrogen (secondary N) is 2. The lowest BCUT2D eigenvalue weighted by molar-refractivity contribution is -0.114. The summed E-state index contributed by atoms with van der Waals surface area (Å²) in [5, 5.41) is 4.05. The molecule has 3 aromatic rings. The van der Waals surface area contributed by atoms with Gasteiger partial charge in [-0.1, -0.05) is 0 Å². The summed E-state index contributed by atoms with van der Waals surface area (Å²) in [5.41, 5.74) is 3.24. The minimum atomic E-state index is -0.0508. The third-order valence-corrected chi connectivity index (χ3v) is 5.56. The van der Waals surface area contributed by atoms with Crippen LogP contribution in [0.2, 0.25) is 0 Å². The minimum absolute atomic E-state index is 0.0508. The van der Waals surface area contributed by atoms with Crippen molar-refractivity contribution in [1.29, 1.82) is 0 Å². The molecule has 1 saturated heterocycles. The molecule has 0 saturated carbocycles. The van der Waals surface area contributed by atoms with Gasteiger partial charge in [-0.3, -0.25) is 9.69 Å². The molecule has 0 radical (unpaired) electrons. The molecule has 0 unspecified atom stereocenters. The van der Waals surface area contributed by atoms with Crippen molar-refractivity contribution in [2.75, 3.05) is 50.1 Å². The maximum atomic E-state index is 11.3. The Kier molecular flexibility index (Phi) is 6.13. The lowest BCUT2D eigenvalue weighted by Crippen LogP contribution is -2.47. The number of carbonyl (C=O) groups is 1. The Balaban J connectivity index is 1.30. The van der Waals surface area contributed by atoms with Crippen LogP contribution in [0.15, 0.2) is 36.9 Å². The van der Waals surface area contributed by atoms with Crippen LogP contribution in [0.3, 0.4) is 0 Å². The molecule has 8 nitrogen and oxygen atoms in total. The quantitative estimate of drug-likeness (QED) is 0.625. The van der Waals surface area contributed by atoms with E-state index in [4.69, 9.17) is 4.74 Å². The van der Waals surface area contributed by atoms with Crippen molar-refractivity contribution in [2.45, 2.75) is 19.8 Å². The predicted molar refractivity (Wildman–Crippen MR) is 118 cm³/mol. The van der Waals surface area contributed by atoms with Crippen LogP contribution >= 0.6 is 0 Å². The fourth-order valence-corrected chi connectivity index (χ4v) is 4.03. The second-order valence-electron chi connectivity index (χ2n) is 7.60. The third kappa shape index (κ3) is 4.54. The number of H-pyrrole nitrogens is 1. The second kappa shape index (κ2) is 9.13. The number of fused-ring (bicyclic) bond motifs is 1. The predicted octanol–water partition coefficient (Wildman–Crippen LogP) is 2.68. The molecule has 1 fully saturated rings. The van der Waals surface area contributed by atoms with Crippen LogP contribution in [0.1, 0.15) is 18.9 Å². The zero-order valence-electron chi connectivity index (χ0n) is 17.5. The van der Waals surface area contributed by atoms with E-state index in [-0.39, 0.29) is 5.91 Å². The Morgan fingerprint density at radius 1 is 1.27 bits per heavy atom. The van der Waals surface area contributed by atoms with E-state index in [0.29, 0.717) is 0 Å². The standard InChI is InChI=1S/C22H28N6O2/c1-16(29)26-18-5-6-20-19(12-18)17(13-24-20)4-3-7-27-8-10-28(11-9-27)22-21(30-2)14-23-15-25-22/h5-6,12-15,24H,3-4,7-11H2,1-2H3,(H,26,29). The number of aryl methyl sites for hydroxylation is 1. The summed E-state index contributed by atoms with van der Waals surface area (Å²) in [6.45, 7) is 6.47. The fourth-order valence-electron chi connectivity index (χ4n) is 4.03. The number of methoxy groups -OCH3 is 1. The molecule has 8 heteroatoms. The molecular weight excluding hydrogens is 380 g/mol. The summed E-state index contributed by atoms with van der Waals surface area (Å²) in [7, 11) is 1.66. The van der Waals surface area contributed by atoms with Crippen LogP contribution in [-0.2, 0) is 11.2 Å². The summed E-state index contributed by atoms with van der Waals surface area (Å²) in [5.74, 6) is 1.55. The lowest BCUT2D eigenvalue weighted by Gasteiger charge is -2.35. The zero-order valence-corrected chi connectivity index (χ0v) is 17.5. The highest BCUT2D eigenvalue weighted by Crippen LogP contribution is 2.25. The number of rotatable bonds is 7. The Labute approximate surface area is 176 Å². The van der Waals surface area contributed by atoms with Crippen molar-refractivity contribution in [3.63, 3.8) is 0 Å². The van der Waals surface area contributed by atoms with E-state index < -0.39 is 0 Å². The van der Waals surface area contributed by atoms with Crippen LogP contribution in [0.5, 0.6) is 5.75 Å². The van der Waals surface area contributed by atoms with Gasteiger partial charge < -0.3 is 19.9 Å². The lowest BCUT2D eigenvalue weighted by atomic mass is 10.1. The number of aromatic amines is 1. The van der Waals surface area contributed by atoms with Crippen molar-refractivity contribution in [3.8, 4) is 5.75 Å². The normalized spacial score (nSPS) is 14.8. The number of anilines is 2. The number of hydrogen-bond donors (Lipinski definition) is 2. The number of carbonyl (C=O) groups excluding carboxylic acids is 1. The average Bonchev–Trinajstić information content (AvgIpc) is 3.16.